The number of aliphatic imine (C=N–C) groups is 1. The molecule has 1 saturated carbocycles. The summed E-state index contributed by atoms with van der Waals surface area (Å²) in [6.07, 6.45) is 1.44. The van der Waals surface area contributed by atoms with Crippen LogP contribution < -0.4 is 4.90 Å². The summed E-state index contributed by atoms with van der Waals surface area (Å²) >= 11 is 0. The molecule has 1 fully saturated rings. The molecule has 2 aliphatic rings. The Morgan fingerprint density at radius 3 is 2.26 bits per heavy atom. The monoisotopic (exact) mass is 408 g/mol. The summed E-state index contributed by atoms with van der Waals surface area (Å²) in [6, 6.07) is 29.3. The van der Waals surface area contributed by atoms with E-state index >= 15 is 0 Å². The molecule has 0 radical (unpaired) electrons. The number of carbonyl (C=O) groups is 1. The minimum atomic E-state index is -0.230. The van der Waals surface area contributed by atoms with Gasteiger partial charge in [0.25, 0.3) is 0 Å². The van der Waals surface area contributed by atoms with E-state index < -0.39 is 0 Å². The number of Topliss-reactive ketones (excluding diaryl/α,β-unsaturated/α-hetero) is 1. The summed E-state index contributed by atoms with van der Waals surface area (Å²) in [6.45, 7) is 5.09. The molecule has 1 aliphatic carbocycles. The van der Waals surface area contributed by atoms with Crippen LogP contribution >= 0.6 is 0 Å². The second-order valence-corrected chi connectivity index (χ2v) is 9.52. The minimum Gasteiger partial charge on any atom is -0.357 e. The normalized spacial score (nSPS) is 22.2. The van der Waals surface area contributed by atoms with Crippen LogP contribution in [0.25, 0.3) is 0 Å². The van der Waals surface area contributed by atoms with Crippen molar-refractivity contribution in [3.05, 3.63) is 96.1 Å². The van der Waals surface area contributed by atoms with Gasteiger partial charge < -0.3 is 4.90 Å². The lowest BCUT2D eigenvalue weighted by Gasteiger charge is -2.42. The van der Waals surface area contributed by atoms with Gasteiger partial charge in [0.1, 0.15) is 5.78 Å². The van der Waals surface area contributed by atoms with Crippen LogP contribution in [0.3, 0.4) is 0 Å². The Bertz CT molecular complexity index is 1120. The van der Waals surface area contributed by atoms with Gasteiger partial charge in [0, 0.05) is 18.7 Å². The SMILES string of the molecule is CC1(C)CC(=O)[C@H]2C(=Nc3ccccc3N(Cc3ccccc3)[C@@H]2c2ccccc2)C1. The second-order valence-electron chi connectivity index (χ2n) is 9.52. The van der Waals surface area contributed by atoms with Crippen LogP contribution in [0.2, 0.25) is 0 Å². The maximum atomic E-state index is 13.6. The van der Waals surface area contributed by atoms with Gasteiger partial charge in [0.15, 0.2) is 0 Å². The summed E-state index contributed by atoms with van der Waals surface area (Å²) < 4.78 is 0. The lowest BCUT2D eigenvalue weighted by molar-refractivity contribution is -0.124. The molecule has 0 aromatic heterocycles. The minimum absolute atomic E-state index is 0.0583. The van der Waals surface area contributed by atoms with Gasteiger partial charge in [0.05, 0.1) is 23.3 Å². The highest BCUT2D eigenvalue weighted by Gasteiger charge is 2.46. The van der Waals surface area contributed by atoms with E-state index in [2.05, 4.69) is 85.5 Å². The molecule has 3 aromatic rings. The van der Waals surface area contributed by atoms with E-state index in [0.717, 1.165) is 30.1 Å². The third kappa shape index (κ3) is 3.81. The molecule has 0 bridgehead atoms. The molecule has 1 heterocycles. The first-order valence-corrected chi connectivity index (χ1v) is 11.1. The summed E-state index contributed by atoms with van der Waals surface area (Å²) in [5.74, 6) is 0.0706. The Morgan fingerprint density at radius 1 is 0.871 bits per heavy atom. The Labute approximate surface area is 184 Å². The zero-order valence-corrected chi connectivity index (χ0v) is 18.2. The van der Waals surface area contributed by atoms with Gasteiger partial charge in [-0.2, -0.15) is 0 Å². The van der Waals surface area contributed by atoms with E-state index in [1.165, 1.54) is 11.1 Å². The van der Waals surface area contributed by atoms with Gasteiger partial charge in [-0.1, -0.05) is 86.6 Å². The summed E-state index contributed by atoms with van der Waals surface area (Å²) in [5.41, 5.74) is 5.41. The van der Waals surface area contributed by atoms with Gasteiger partial charge in [-0.25, -0.2) is 0 Å². The van der Waals surface area contributed by atoms with E-state index in [-0.39, 0.29) is 17.4 Å². The Balaban J connectivity index is 1.72. The average molecular weight is 409 g/mol. The molecule has 5 rings (SSSR count). The van der Waals surface area contributed by atoms with E-state index in [4.69, 9.17) is 4.99 Å². The molecule has 0 spiro atoms. The third-order valence-corrected chi connectivity index (χ3v) is 6.46. The van der Waals surface area contributed by atoms with Gasteiger partial charge in [-0.3, -0.25) is 9.79 Å². The fraction of sp³-hybridized carbons (Fsp3) is 0.286. The first-order chi connectivity index (χ1) is 15.0. The second kappa shape index (κ2) is 7.81. The highest BCUT2D eigenvalue weighted by molar-refractivity contribution is 6.10. The molecule has 0 N–H and O–H groups in total. The summed E-state index contributed by atoms with van der Waals surface area (Å²) in [4.78, 5) is 21.2. The standard InChI is InChI=1S/C28H28N2O/c1-28(2)17-23-26(25(31)18-28)27(21-13-7-4-8-14-21)30(19-20-11-5-3-6-12-20)24-16-10-9-15-22(24)29-23/h3-16,26-27H,17-19H2,1-2H3/t26-,27-/m1/s1. The fourth-order valence-corrected chi connectivity index (χ4v) is 5.17. The van der Waals surface area contributed by atoms with Crippen molar-refractivity contribution in [3.63, 3.8) is 0 Å². The Hall–Kier alpha value is -3.20. The molecular formula is C28H28N2O. The summed E-state index contributed by atoms with van der Waals surface area (Å²) in [5, 5.41) is 0. The zero-order valence-electron chi connectivity index (χ0n) is 18.2. The number of hydrogen-bond donors (Lipinski definition) is 0. The first kappa shape index (κ1) is 19.7. The van der Waals surface area contributed by atoms with Gasteiger partial charge in [-0.05, 0) is 35.1 Å². The molecular weight excluding hydrogens is 380 g/mol. The van der Waals surface area contributed by atoms with Crippen molar-refractivity contribution >= 4 is 22.9 Å². The van der Waals surface area contributed by atoms with Crippen LogP contribution in [-0.2, 0) is 11.3 Å². The largest absolute Gasteiger partial charge is 0.357 e. The lowest BCUT2D eigenvalue weighted by Crippen LogP contribution is -2.45. The van der Waals surface area contributed by atoms with Crippen molar-refractivity contribution < 1.29 is 4.79 Å². The van der Waals surface area contributed by atoms with Crippen molar-refractivity contribution in [2.24, 2.45) is 16.3 Å². The molecule has 2 atom stereocenters. The molecule has 0 unspecified atom stereocenters. The number of anilines is 1. The number of rotatable bonds is 3. The topological polar surface area (TPSA) is 32.7 Å². The first-order valence-electron chi connectivity index (χ1n) is 11.1. The van der Waals surface area contributed by atoms with E-state index in [9.17, 15) is 4.79 Å². The van der Waals surface area contributed by atoms with Gasteiger partial charge in [0.2, 0.25) is 0 Å². The number of carbonyl (C=O) groups excluding carboxylic acids is 1. The molecule has 0 saturated heterocycles. The van der Waals surface area contributed by atoms with Crippen LogP contribution in [-0.4, -0.2) is 11.5 Å². The smallest absolute Gasteiger partial charge is 0.144 e. The van der Waals surface area contributed by atoms with E-state index in [1.54, 1.807) is 0 Å². The molecule has 3 nitrogen and oxygen atoms in total. The van der Waals surface area contributed by atoms with Gasteiger partial charge in [-0.15, -0.1) is 0 Å². The van der Waals surface area contributed by atoms with E-state index in [0.29, 0.717) is 12.2 Å². The predicted molar refractivity (Wildman–Crippen MR) is 127 cm³/mol. The number of fused-ring (bicyclic) bond motifs is 2. The van der Waals surface area contributed by atoms with Crippen molar-refractivity contribution in [2.75, 3.05) is 4.90 Å². The third-order valence-electron chi connectivity index (χ3n) is 6.46. The van der Waals surface area contributed by atoms with Crippen molar-refractivity contribution in [1.82, 2.24) is 0 Å². The molecule has 156 valence electrons. The zero-order chi connectivity index (χ0) is 21.4. The number of hydrogen-bond acceptors (Lipinski definition) is 3. The van der Waals surface area contributed by atoms with Crippen LogP contribution in [0.15, 0.2) is 89.9 Å². The molecule has 3 heteroatoms. The van der Waals surface area contributed by atoms with E-state index in [1.807, 2.05) is 18.2 Å². The number of nitrogens with zero attached hydrogens (tertiary/aromatic N) is 2. The predicted octanol–water partition coefficient (Wildman–Crippen LogP) is 6.53. The quantitative estimate of drug-likeness (QED) is 0.494. The van der Waals surface area contributed by atoms with Crippen LogP contribution in [0.1, 0.15) is 43.9 Å². The van der Waals surface area contributed by atoms with Crippen LogP contribution in [0.4, 0.5) is 11.4 Å². The van der Waals surface area contributed by atoms with Gasteiger partial charge >= 0.3 is 0 Å². The molecule has 1 aliphatic heterocycles. The highest BCUT2D eigenvalue weighted by atomic mass is 16.1. The number of benzene rings is 3. The molecule has 3 aromatic carbocycles. The average Bonchev–Trinajstić information content (AvgIpc) is 2.89. The fourth-order valence-electron chi connectivity index (χ4n) is 5.17. The summed E-state index contributed by atoms with van der Waals surface area (Å²) in [7, 11) is 0. The number of ketones is 1. The van der Waals surface area contributed by atoms with Crippen LogP contribution in [0.5, 0.6) is 0 Å². The van der Waals surface area contributed by atoms with Crippen molar-refractivity contribution in [3.8, 4) is 0 Å². The van der Waals surface area contributed by atoms with Crippen molar-refractivity contribution in [2.45, 2.75) is 39.3 Å². The Morgan fingerprint density at radius 2 is 1.52 bits per heavy atom. The highest BCUT2D eigenvalue weighted by Crippen LogP contribution is 2.48. The van der Waals surface area contributed by atoms with Crippen molar-refractivity contribution in [1.29, 1.82) is 0 Å². The lowest BCUT2D eigenvalue weighted by atomic mass is 9.68. The van der Waals surface area contributed by atoms with Crippen LogP contribution in [0, 0.1) is 11.3 Å². The molecule has 31 heavy (non-hydrogen) atoms. The molecule has 0 amide bonds. The maximum Gasteiger partial charge on any atom is 0.144 e. The number of para-hydroxylation sites is 2. The Kier molecular flexibility index (Phi) is 4.97. The maximum absolute atomic E-state index is 13.6.